The smallest absolute Gasteiger partial charge is 0.407 e. The number of hydrogen-bond donors (Lipinski definition) is 2. The minimum Gasteiger partial charge on any atom is -0.480 e. The van der Waals surface area contributed by atoms with Crippen LogP contribution in [-0.2, 0) is 16.1 Å². The fourth-order valence-electron chi connectivity index (χ4n) is 4.02. The third-order valence-corrected chi connectivity index (χ3v) is 5.54. The lowest BCUT2D eigenvalue weighted by Gasteiger charge is -2.15. The lowest BCUT2D eigenvalue weighted by molar-refractivity contribution is -0.137. The number of pyridine rings is 1. The van der Waals surface area contributed by atoms with Crippen LogP contribution in [-0.4, -0.2) is 53.2 Å². The molecule has 3 aromatic rings. The molecule has 0 unspecified atom stereocenters. The number of rotatable bonds is 7. The minimum atomic E-state index is -1.10. The molecule has 0 bridgehead atoms. The molecule has 1 aromatic heterocycles. The molecule has 1 aliphatic rings. The molecule has 1 heterocycles. The quantitative estimate of drug-likeness (QED) is 0.578. The SMILES string of the molecule is CN(CC(=O)O)C(=O)c1ccnc(CNC(=O)OCC2c3ccccc3-c3ccccc32)c1. The minimum absolute atomic E-state index is 0.0352. The molecular formula is C25H23N3O5. The second kappa shape index (κ2) is 9.52. The summed E-state index contributed by atoms with van der Waals surface area (Å²) in [5, 5.41) is 11.5. The molecule has 0 fully saturated rings. The van der Waals surface area contributed by atoms with Gasteiger partial charge in [-0.05, 0) is 34.4 Å². The Hall–Kier alpha value is -4.20. The van der Waals surface area contributed by atoms with Gasteiger partial charge < -0.3 is 20.1 Å². The Labute approximate surface area is 190 Å². The third-order valence-electron chi connectivity index (χ3n) is 5.54. The first-order chi connectivity index (χ1) is 15.9. The predicted octanol–water partition coefficient (Wildman–Crippen LogP) is 3.28. The third kappa shape index (κ3) is 4.85. The van der Waals surface area contributed by atoms with Crippen LogP contribution < -0.4 is 5.32 Å². The van der Waals surface area contributed by atoms with E-state index < -0.39 is 24.5 Å². The van der Waals surface area contributed by atoms with Crippen molar-refractivity contribution in [3.05, 3.63) is 89.2 Å². The molecule has 2 N–H and O–H groups in total. The van der Waals surface area contributed by atoms with Gasteiger partial charge in [-0.1, -0.05) is 48.5 Å². The van der Waals surface area contributed by atoms with Crippen LogP contribution in [0.5, 0.6) is 0 Å². The van der Waals surface area contributed by atoms with Crippen LogP contribution in [0.2, 0.25) is 0 Å². The monoisotopic (exact) mass is 445 g/mol. The zero-order valence-electron chi connectivity index (χ0n) is 18.0. The number of aliphatic carboxylic acids is 1. The number of nitrogens with one attached hydrogen (secondary N) is 1. The summed E-state index contributed by atoms with van der Waals surface area (Å²) in [6.45, 7) is -0.138. The number of benzene rings is 2. The Balaban J connectivity index is 1.35. The number of hydrogen-bond acceptors (Lipinski definition) is 5. The Kier molecular flexibility index (Phi) is 6.35. The summed E-state index contributed by atoms with van der Waals surface area (Å²) >= 11 is 0. The van der Waals surface area contributed by atoms with Crippen LogP contribution in [0.25, 0.3) is 11.1 Å². The number of alkyl carbamates (subject to hydrolysis) is 1. The predicted molar refractivity (Wildman–Crippen MR) is 121 cm³/mol. The Morgan fingerprint density at radius 2 is 1.67 bits per heavy atom. The van der Waals surface area contributed by atoms with Crippen LogP contribution in [0.3, 0.4) is 0 Å². The van der Waals surface area contributed by atoms with Crippen molar-refractivity contribution in [1.82, 2.24) is 15.2 Å². The fourth-order valence-corrected chi connectivity index (χ4v) is 4.02. The normalized spacial score (nSPS) is 11.9. The lowest BCUT2D eigenvalue weighted by atomic mass is 9.98. The highest BCUT2D eigenvalue weighted by Gasteiger charge is 2.29. The van der Waals surface area contributed by atoms with Crippen LogP contribution in [0, 0.1) is 0 Å². The number of ether oxygens (including phenoxy) is 1. The number of aromatic nitrogens is 1. The van der Waals surface area contributed by atoms with E-state index in [2.05, 4.69) is 34.6 Å². The average molecular weight is 445 g/mol. The zero-order valence-corrected chi connectivity index (χ0v) is 18.0. The van der Waals surface area contributed by atoms with Crippen molar-refractivity contribution in [1.29, 1.82) is 0 Å². The van der Waals surface area contributed by atoms with E-state index in [1.807, 2.05) is 24.3 Å². The van der Waals surface area contributed by atoms with Crippen LogP contribution in [0.15, 0.2) is 66.9 Å². The first kappa shape index (κ1) is 22.0. The number of fused-ring (bicyclic) bond motifs is 3. The van der Waals surface area contributed by atoms with Crippen LogP contribution in [0.4, 0.5) is 4.79 Å². The topological polar surface area (TPSA) is 109 Å². The fraction of sp³-hybridized carbons (Fsp3) is 0.200. The van der Waals surface area contributed by atoms with Crippen molar-refractivity contribution in [2.24, 2.45) is 0 Å². The van der Waals surface area contributed by atoms with Gasteiger partial charge in [0.2, 0.25) is 0 Å². The van der Waals surface area contributed by atoms with E-state index in [1.165, 1.54) is 25.4 Å². The number of carboxylic acids is 1. The van der Waals surface area contributed by atoms with Gasteiger partial charge in [-0.3, -0.25) is 14.6 Å². The highest BCUT2D eigenvalue weighted by molar-refractivity contribution is 5.95. The van der Waals surface area contributed by atoms with Gasteiger partial charge in [0, 0.05) is 24.7 Å². The first-order valence-corrected chi connectivity index (χ1v) is 10.4. The van der Waals surface area contributed by atoms with E-state index in [0.717, 1.165) is 27.2 Å². The van der Waals surface area contributed by atoms with E-state index in [-0.39, 0.29) is 24.6 Å². The number of carboxylic acid groups (broad SMARTS) is 1. The van der Waals surface area contributed by atoms with E-state index in [1.54, 1.807) is 0 Å². The number of amides is 2. The van der Waals surface area contributed by atoms with Gasteiger partial charge in [0.05, 0.1) is 12.2 Å². The Morgan fingerprint density at radius 3 is 2.30 bits per heavy atom. The molecule has 1 aliphatic carbocycles. The number of likely N-dealkylation sites (N-methyl/N-ethyl adjacent to an activating group) is 1. The Bertz CT molecular complexity index is 1160. The van der Waals surface area contributed by atoms with Gasteiger partial charge in [0.25, 0.3) is 5.91 Å². The molecular weight excluding hydrogens is 422 g/mol. The van der Waals surface area contributed by atoms with Gasteiger partial charge in [0.1, 0.15) is 13.2 Å². The summed E-state index contributed by atoms with van der Waals surface area (Å²) in [5.74, 6) is -1.58. The average Bonchev–Trinajstić information content (AvgIpc) is 3.14. The van der Waals surface area contributed by atoms with Gasteiger partial charge in [-0.2, -0.15) is 0 Å². The summed E-state index contributed by atoms with van der Waals surface area (Å²) < 4.78 is 5.50. The number of nitrogens with zero attached hydrogens (tertiary/aromatic N) is 2. The molecule has 0 radical (unpaired) electrons. The number of carbonyl (C=O) groups excluding carboxylic acids is 2. The standard InChI is InChI=1S/C25H23N3O5/c1-28(14-23(29)30)24(31)16-10-11-26-17(12-16)13-27-25(32)33-15-22-20-8-4-2-6-18(20)19-7-3-5-9-21(19)22/h2-12,22H,13-15H2,1H3,(H,27,32)(H,29,30). The van der Waals surface area contributed by atoms with Crippen molar-refractivity contribution < 1.29 is 24.2 Å². The van der Waals surface area contributed by atoms with E-state index in [9.17, 15) is 14.4 Å². The van der Waals surface area contributed by atoms with Crippen molar-refractivity contribution in [2.45, 2.75) is 12.5 Å². The number of carbonyl (C=O) groups is 3. The lowest BCUT2D eigenvalue weighted by Crippen LogP contribution is -2.32. The molecule has 0 saturated carbocycles. The Morgan fingerprint density at radius 1 is 1.03 bits per heavy atom. The van der Waals surface area contributed by atoms with Gasteiger partial charge in [0.15, 0.2) is 0 Å². The van der Waals surface area contributed by atoms with E-state index in [0.29, 0.717) is 5.69 Å². The van der Waals surface area contributed by atoms with E-state index >= 15 is 0 Å². The molecule has 4 rings (SSSR count). The molecule has 0 spiro atoms. The van der Waals surface area contributed by atoms with Crippen molar-refractivity contribution in [3.63, 3.8) is 0 Å². The second-order valence-electron chi connectivity index (χ2n) is 7.77. The largest absolute Gasteiger partial charge is 0.480 e. The van der Waals surface area contributed by atoms with Crippen molar-refractivity contribution >= 4 is 18.0 Å². The maximum absolute atomic E-state index is 12.3. The maximum atomic E-state index is 12.3. The van der Waals surface area contributed by atoms with E-state index in [4.69, 9.17) is 9.84 Å². The molecule has 0 saturated heterocycles. The van der Waals surface area contributed by atoms with Gasteiger partial charge >= 0.3 is 12.1 Å². The highest BCUT2D eigenvalue weighted by Crippen LogP contribution is 2.44. The van der Waals surface area contributed by atoms with Gasteiger partial charge in [-0.25, -0.2) is 4.79 Å². The summed E-state index contributed by atoms with van der Waals surface area (Å²) in [7, 11) is 1.41. The molecule has 33 heavy (non-hydrogen) atoms. The summed E-state index contributed by atoms with van der Waals surface area (Å²) in [5.41, 5.74) is 5.31. The zero-order chi connectivity index (χ0) is 23.4. The van der Waals surface area contributed by atoms with Crippen LogP contribution >= 0.6 is 0 Å². The summed E-state index contributed by atoms with van der Waals surface area (Å²) in [4.78, 5) is 40.8. The highest BCUT2D eigenvalue weighted by atomic mass is 16.5. The second-order valence-corrected chi connectivity index (χ2v) is 7.77. The van der Waals surface area contributed by atoms with Crippen molar-refractivity contribution in [3.8, 4) is 11.1 Å². The summed E-state index contributed by atoms with van der Waals surface area (Å²) in [6.07, 6.45) is 0.856. The molecule has 168 valence electrons. The summed E-state index contributed by atoms with van der Waals surface area (Å²) in [6, 6.07) is 19.2. The van der Waals surface area contributed by atoms with Crippen LogP contribution in [0.1, 0.15) is 33.1 Å². The maximum Gasteiger partial charge on any atom is 0.407 e. The molecule has 0 atom stereocenters. The molecule has 2 aromatic carbocycles. The molecule has 8 heteroatoms. The molecule has 0 aliphatic heterocycles. The first-order valence-electron chi connectivity index (χ1n) is 10.4. The van der Waals surface area contributed by atoms with Gasteiger partial charge in [-0.15, -0.1) is 0 Å². The molecule has 2 amide bonds. The van der Waals surface area contributed by atoms with Crippen molar-refractivity contribution in [2.75, 3.05) is 20.2 Å². The molecule has 8 nitrogen and oxygen atoms in total.